The SMILES string of the molecule is NC(=NO)c1ccccc1CNc1cccc(Cl)c1. The van der Waals surface area contributed by atoms with Gasteiger partial charge in [0.2, 0.25) is 0 Å². The highest BCUT2D eigenvalue weighted by Crippen LogP contribution is 2.17. The molecule has 0 fully saturated rings. The summed E-state index contributed by atoms with van der Waals surface area (Å²) in [4.78, 5) is 0. The first-order chi connectivity index (χ1) is 9.20. The Morgan fingerprint density at radius 3 is 2.74 bits per heavy atom. The lowest BCUT2D eigenvalue weighted by atomic mass is 10.1. The van der Waals surface area contributed by atoms with Crippen molar-refractivity contribution in [3.05, 3.63) is 64.7 Å². The second-order valence-electron chi connectivity index (χ2n) is 4.01. The second kappa shape index (κ2) is 6.11. The molecule has 0 bridgehead atoms. The van der Waals surface area contributed by atoms with Crippen molar-refractivity contribution in [2.24, 2.45) is 10.9 Å². The summed E-state index contributed by atoms with van der Waals surface area (Å²) in [6, 6.07) is 14.9. The van der Waals surface area contributed by atoms with Gasteiger partial charge in [0.15, 0.2) is 5.84 Å². The molecule has 0 unspecified atom stereocenters. The molecule has 0 atom stereocenters. The minimum atomic E-state index is 0.100. The van der Waals surface area contributed by atoms with Crippen LogP contribution in [-0.2, 0) is 6.54 Å². The van der Waals surface area contributed by atoms with Crippen LogP contribution < -0.4 is 11.1 Å². The van der Waals surface area contributed by atoms with E-state index in [4.69, 9.17) is 22.5 Å². The summed E-state index contributed by atoms with van der Waals surface area (Å²) >= 11 is 5.92. The summed E-state index contributed by atoms with van der Waals surface area (Å²) < 4.78 is 0. The van der Waals surface area contributed by atoms with Gasteiger partial charge < -0.3 is 16.3 Å². The minimum Gasteiger partial charge on any atom is -0.409 e. The number of nitrogens with two attached hydrogens (primary N) is 1. The minimum absolute atomic E-state index is 0.100. The van der Waals surface area contributed by atoms with Crippen molar-refractivity contribution in [3.63, 3.8) is 0 Å². The van der Waals surface area contributed by atoms with Crippen LogP contribution in [0.15, 0.2) is 53.7 Å². The van der Waals surface area contributed by atoms with Crippen LogP contribution in [0, 0.1) is 0 Å². The average molecular weight is 276 g/mol. The molecule has 19 heavy (non-hydrogen) atoms. The second-order valence-corrected chi connectivity index (χ2v) is 4.44. The Balaban J connectivity index is 2.16. The van der Waals surface area contributed by atoms with E-state index in [0.717, 1.165) is 11.3 Å². The van der Waals surface area contributed by atoms with Gasteiger partial charge in [0, 0.05) is 22.8 Å². The van der Waals surface area contributed by atoms with Gasteiger partial charge in [0.05, 0.1) is 0 Å². The fraction of sp³-hybridized carbons (Fsp3) is 0.0714. The van der Waals surface area contributed by atoms with Gasteiger partial charge in [-0.05, 0) is 23.8 Å². The summed E-state index contributed by atoms with van der Waals surface area (Å²) in [5, 5.41) is 15.7. The number of oxime groups is 1. The van der Waals surface area contributed by atoms with Crippen LogP contribution in [0.2, 0.25) is 5.02 Å². The number of nitrogens with zero attached hydrogens (tertiary/aromatic N) is 1. The first-order valence-corrected chi connectivity index (χ1v) is 6.14. The van der Waals surface area contributed by atoms with Gasteiger partial charge >= 0.3 is 0 Å². The van der Waals surface area contributed by atoms with E-state index < -0.39 is 0 Å². The summed E-state index contributed by atoms with van der Waals surface area (Å²) in [6.07, 6.45) is 0. The summed E-state index contributed by atoms with van der Waals surface area (Å²) in [5.74, 6) is 0.100. The molecule has 0 radical (unpaired) electrons. The average Bonchev–Trinajstić information content (AvgIpc) is 2.45. The quantitative estimate of drug-likeness (QED) is 0.348. The third kappa shape index (κ3) is 3.39. The van der Waals surface area contributed by atoms with Gasteiger partial charge in [-0.1, -0.05) is 47.1 Å². The predicted octanol–water partition coefficient (Wildman–Crippen LogP) is 3.05. The van der Waals surface area contributed by atoms with E-state index in [1.54, 1.807) is 0 Å². The molecule has 0 aliphatic carbocycles. The maximum atomic E-state index is 8.76. The van der Waals surface area contributed by atoms with Crippen molar-refractivity contribution < 1.29 is 5.21 Å². The smallest absolute Gasteiger partial charge is 0.170 e. The Bertz CT molecular complexity index is 599. The molecule has 2 aromatic rings. The molecule has 5 heteroatoms. The Hall–Kier alpha value is -2.20. The van der Waals surface area contributed by atoms with Gasteiger partial charge in [-0.15, -0.1) is 0 Å². The Morgan fingerprint density at radius 1 is 1.21 bits per heavy atom. The number of nitrogens with one attached hydrogen (secondary N) is 1. The van der Waals surface area contributed by atoms with E-state index in [2.05, 4.69) is 10.5 Å². The van der Waals surface area contributed by atoms with Crippen LogP contribution in [0.25, 0.3) is 0 Å². The van der Waals surface area contributed by atoms with Crippen molar-refractivity contribution >= 4 is 23.1 Å². The lowest BCUT2D eigenvalue weighted by molar-refractivity contribution is 0.318. The van der Waals surface area contributed by atoms with Gasteiger partial charge in [0.25, 0.3) is 0 Å². The number of amidine groups is 1. The van der Waals surface area contributed by atoms with Crippen LogP contribution in [0.4, 0.5) is 5.69 Å². The molecule has 0 saturated carbocycles. The van der Waals surface area contributed by atoms with Crippen LogP contribution >= 0.6 is 11.6 Å². The molecule has 0 aliphatic rings. The zero-order valence-electron chi connectivity index (χ0n) is 10.2. The predicted molar refractivity (Wildman–Crippen MR) is 77.7 cm³/mol. The van der Waals surface area contributed by atoms with Crippen LogP contribution in [0.3, 0.4) is 0 Å². The van der Waals surface area contributed by atoms with Crippen molar-refractivity contribution in [1.29, 1.82) is 0 Å². The van der Waals surface area contributed by atoms with Crippen LogP contribution in [0.5, 0.6) is 0 Å². The maximum absolute atomic E-state index is 8.76. The third-order valence-corrected chi connectivity index (χ3v) is 2.94. The monoisotopic (exact) mass is 275 g/mol. The number of rotatable bonds is 4. The van der Waals surface area contributed by atoms with Crippen molar-refractivity contribution in [2.75, 3.05) is 5.32 Å². The molecule has 4 nitrogen and oxygen atoms in total. The van der Waals surface area contributed by atoms with Crippen molar-refractivity contribution in [2.45, 2.75) is 6.54 Å². The van der Waals surface area contributed by atoms with Gasteiger partial charge in [-0.25, -0.2) is 0 Å². The highest BCUT2D eigenvalue weighted by molar-refractivity contribution is 6.30. The van der Waals surface area contributed by atoms with Gasteiger partial charge in [-0.2, -0.15) is 0 Å². The fourth-order valence-electron chi connectivity index (χ4n) is 1.77. The van der Waals surface area contributed by atoms with E-state index in [0.29, 0.717) is 17.1 Å². The summed E-state index contributed by atoms with van der Waals surface area (Å²) in [6.45, 7) is 0.562. The zero-order chi connectivity index (χ0) is 13.7. The zero-order valence-corrected chi connectivity index (χ0v) is 10.9. The molecule has 0 amide bonds. The molecule has 4 N–H and O–H groups in total. The van der Waals surface area contributed by atoms with E-state index in [9.17, 15) is 0 Å². The molecular formula is C14H14ClN3O. The van der Waals surface area contributed by atoms with Crippen molar-refractivity contribution in [3.8, 4) is 0 Å². The van der Waals surface area contributed by atoms with E-state index in [1.807, 2.05) is 48.5 Å². The van der Waals surface area contributed by atoms with E-state index >= 15 is 0 Å². The number of hydrogen-bond acceptors (Lipinski definition) is 3. The van der Waals surface area contributed by atoms with E-state index in [1.165, 1.54) is 0 Å². The molecular weight excluding hydrogens is 262 g/mol. The number of benzene rings is 2. The highest BCUT2D eigenvalue weighted by atomic mass is 35.5. The molecule has 98 valence electrons. The first-order valence-electron chi connectivity index (χ1n) is 5.76. The highest BCUT2D eigenvalue weighted by Gasteiger charge is 2.05. The molecule has 0 saturated heterocycles. The Kier molecular flexibility index (Phi) is 4.26. The maximum Gasteiger partial charge on any atom is 0.170 e. The molecule has 0 aromatic heterocycles. The van der Waals surface area contributed by atoms with E-state index in [-0.39, 0.29) is 5.84 Å². The Morgan fingerprint density at radius 2 is 2.00 bits per heavy atom. The standard InChI is InChI=1S/C14H14ClN3O/c15-11-5-3-6-12(8-11)17-9-10-4-1-2-7-13(10)14(16)18-19/h1-8,17,19H,9H2,(H2,16,18). The molecule has 0 heterocycles. The Labute approximate surface area is 116 Å². The van der Waals surface area contributed by atoms with Crippen LogP contribution in [-0.4, -0.2) is 11.0 Å². The lowest BCUT2D eigenvalue weighted by Gasteiger charge is -2.10. The number of hydrogen-bond donors (Lipinski definition) is 3. The molecule has 0 aliphatic heterocycles. The third-order valence-electron chi connectivity index (χ3n) is 2.71. The normalized spacial score (nSPS) is 11.3. The lowest BCUT2D eigenvalue weighted by Crippen LogP contribution is -2.16. The first kappa shape index (κ1) is 13.2. The molecule has 2 rings (SSSR count). The van der Waals surface area contributed by atoms with Crippen LogP contribution in [0.1, 0.15) is 11.1 Å². The van der Waals surface area contributed by atoms with Gasteiger partial charge in [0.1, 0.15) is 0 Å². The molecule has 0 spiro atoms. The number of anilines is 1. The fourth-order valence-corrected chi connectivity index (χ4v) is 1.96. The van der Waals surface area contributed by atoms with Crippen molar-refractivity contribution in [1.82, 2.24) is 0 Å². The molecule has 2 aromatic carbocycles. The van der Waals surface area contributed by atoms with Gasteiger partial charge in [-0.3, -0.25) is 0 Å². The summed E-state index contributed by atoms with van der Waals surface area (Å²) in [5.41, 5.74) is 8.21. The number of halogens is 1. The summed E-state index contributed by atoms with van der Waals surface area (Å²) in [7, 11) is 0. The topological polar surface area (TPSA) is 70.6 Å². The largest absolute Gasteiger partial charge is 0.409 e.